The third-order valence-corrected chi connectivity index (χ3v) is 3.04. The van der Waals surface area contributed by atoms with Gasteiger partial charge in [0.1, 0.15) is 4.64 Å². The topological polar surface area (TPSA) is 31.6 Å². The molecule has 0 amide bonds. The predicted molar refractivity (Wildman–Crippen MR) is 58.1 cm³/mol. The largest absolute Gasteiger partial charge is 0.336 e. The number of aromatic nitrogens is 2. The van der Waals surface area contributed by atoms with Gasteiger partial charge in [0.2, 0.25) is 0 Å². The molecule has 0 atom stereocenters. The Kier molecular flexibility index (Phi) is 2.60. The highest BCUT2D eigenvalue weighted by Gasteiger charge is 2.09. The molecular weight excluding hydrogens is 200 g/mol. The van der Waals surface area contributed by atoms with Crippen molar-refractivity contribution in [3.05, 3.63) is 20.7 Å². The first-order chi connectivity index (χ1) is 6.27. The quantitative estimate of drug-likeness (QED) is 0.511. The van der Waals surface area contributed by atoms with Gasteiger partial charge in [0.05, 0.1) is 0 Å². The van der Waals surface area contributed by atoms with Crippen molar-refractivity contribution in [1.29, 1.82) is 0 Å². The summed E-state index contributed by atoms with van der Waals surface area (Å²) in [6.45, 7) is 0. The van der Waals surface area contributed by atoms with Gasteiger partial charge in [-0.05, 0) is 37.9 Å². The molecule has 1 aromatic heterocycles. The fourth-order valence-corrected chi connectivity index (χ4v) is 2.43. The van der Waals surface area contributed by atoms with Gasteiger partial charge < -0.3 is 9.97 Å². The Balaban J connectivity index is 2.60. The zero-order chi connectivity index (χ0) is 9.26. The van der Waals surface area contributed by atoms with Crippen LogP contribution in [-0.2, 0) is 12.8 Å². The van der Waals surface area contributed by atoms with E-state index in [1.54, 1.807) is 0 Å². The summed E-state index contributed by atoms with van der Waals surface area (Å²) in [6.07, 6.45) is 5.98. The number of aromatic amines is 2. The molecule has 0 spiro atoms. The summed E-state index contributed by atoms with van der Waals surface area (Å²) in [6, 6.07) is 0. The molecule has 1 heterocycles. The minimum atomic E-state index is 0.658. The number of hydrogen-bond donors (Lipinski definition) is 2. The van der Waals surface area contributed by atoms with E-state index in [4.69, 9.17) is 24.4 Å². The Morgan fingerprint density at radius 2 is 1.69 bits per heavy atom. The van der Waals surface area contributed by atoms with E-state index in [2.05, 4.69) is 9.97 Å². The van der Waals surface area contributed by atoms with Crippen molar-refractivity contribution in [3.8, 4) is 0 Å². The molecule has 0 aromatic carbocycles. The van der Waals surface area contributed by atoms with E-state index in [9.17, 15) is 0 Å². The molecule has 1 aliphatic carbocycles. The van der Waals surface area contributed by atoms with E-state index >= 15 is 0 Å². The summed E-state index contributed by atoms with van der Waals surface area (Å²) < 4.78 is 1.49. The maximum Gasteiger partial charge on any atom is 0.175 e. The molecule has 0 aliphatic heterocycles. The standard InChI is InChI=1S/C9H12N2S2/c12-8-6-4-2-1-3-5-7(6)10-9(13)11-8/h1-5H2,(H2,10,11,12,13). The molecule has 4 heteroatoms. The highest BCUT2D eigenvalue weighted by atomic mass is 32.1. The van der Waals surface area contributed by atoms with E-state index in [0.717, 1.165) is 17.5 Å². The van der Waals surface area contributed by atoms with Crippen LogP contribution in [-0.4, -0.2) is 9.97 Å². The smallest absolute Gasteiger partial charge is 0.175 e. The first-order valence-corrected chi connectivity index (χ1v) is 5.43. The molecule has 0 fully saturated rings. The maximum atomic E-state index is 5.24. The molecule has 70 valence electrons. The molecule has 0 bridgehead atoms. The van der Waals surface area contributed by atoms with Gasteiger partial charge in [-0.1, -0.05) is 18.6 Å². The third kappa shape index (κ3) is 1.89. The normalized spacial score (nSPS) is 16.3. The van der Waals surface area contributed by atoms with Gasteiger partial charge in [-0.15, -0.1) is 0 Å². The molecule has 2 rings (SSSR count). The SMILES string of the molecule is S=c1[nH]c2c(c(=S)[nH]1)CCCCC2. The molecule has 1 aliphatic rings. The average molecular weight is 212 g/mol. The van der Waals surface area contributed by atoms with Crippen molar-refractivity contribution in [2.24, 2.45) is 0 Å². The Morgan fingerprint density at radius 1 is 0.923 bits per heavy atom. The second-order valence-electron chi connectivity index (χ2n) is 3.43. The lowest BCUT2D eigenvalue weighted by Crippen LogP contribution is -1.99. The van der Waals surface area contributed by atoms with Gasteiger partial charge in [-0.3, -0.25) is 0 Å². The van der Waals surface area contributed by atoms with Crippen molar-refractivity contribution in [3.63, 3.8) is 0 Å². The fourth-order valence-electron chi connectivity index (χ4n) is 1.82. The number of hydrogen-bond acceptors (Lipinski definition) is 2. The van der Waals surface area contributed by atoms with Crippen molar-refractivity contribution in [2.45, 2.75) is 32.1 Å². The molecule has 0 saturated carbocycles. The van der Waals surface area contributed by atoms with Crippen molar-refractivity contribution in [1.82, 2.24) is 9.97 Å². The Bertz CT molecular complexity index is 416. The van der Waals surface area contributed by atoms with E-state index in [0.29, 0.717) is 4.77 Å². The van der Waals surface area contributed by atoms with E-state index in [1.807, 2.05) is 0 Å². The van der Waals surface area contributed by atoms with Gasteiger partial charge in [-0.25, -0.2) is 0 Å². The lowest BCUT2D eigenvalue weighted by molar-refractivity contribution is 0.708. The molecule has 13 heavy (non-hydrogen) atoms. The van der Waals surface area contributed by atoms with E-state index in [1.165, 1.54) is 30.5 Å². The zero-order valence-electron chi connectivity index (χ0n) is 7.35. The summed E-state index contributed by atoms with van der Waals surface area (Å²) in [5.74, 6) is 0. The van der Waals surface area contributed by atoms with Crippen LogP contribution < -0.4 is 0 Å². The zero-order valence-corrected chi connectivity index (χ0v) is 8.99. The van der Waals surface area contributed by atoms with E-state index < -0.39 is 0 Å². The van der Waals surface area contributed by atoms with Crippen molar-refractivity contribution < 1.29 is 0 Å². The van der Waals surface area contributed by atoms with Gasteiger partial charge in [0, 0.05) is 11.3 Å². The predicted octanol–water partition coefficient (Wildman–Crippen LogP) is 3.07. The second-order valence-corrected chi connectivity index (χ2v) is 4.24. The summed E-state index contributed by atoms with van der Waals surface area (Å²) in [7, 11) is 0. The molecule has 0 saturated heterocycles. The van der Waals surface area contributed by atoms with Crippen LogP contribution in [0.2, 0.25) is 0 Å². The number of H-pyrrole nitrogens is 2. The Hall–Kier alpha value is -0.480. The molecular formula is C9H12N2S2. The Morgan fingerprint density at radius 3 is 2.54 bits per heavy atom. The van der Waals surface area contributed by atoms with Gasteiger partial charge >= 0.3 is 0 Å². The monoisotopic (exact) mass is 212 g/mol. The van der Waals surface area contributed by atoms with E-state index in [-0.39, 0.29) is 0 Å². The van der Waals surface area contributed by atoms with Crippen LogP contribution in [0.1, 0.15) is 30.5 Å². The van der Waals surface area contributed by atoms with Crippen molar-refractivity contribution >= 4 is 24.4 Å². The average Bonchev–Trinajstić information content (AvgIpc) is 2.28. The van der Waals surface area contributed by atoms with Crippen LogP contribution in [0.4, 0.5) is 0 Å². The Labute approximate surface area is 87.4 Å². The van der Waals surface area contributed by atoms with Crippen molar-refractivity contribution in [2.75, 3.05) is 0 Å². The minimum Gasteiger partial charge on any atom is -0.336 e. The maximum absolute atomic E-state index is 5.24. The fraction of sp³-hybridized carbons (Fsp3) is 0.556. The number of fused-ring (bicyclic) bond motifs is 1. The molecule has 0 radical (unpaired) electrons. The van der Waals surface area contributed by atoms with Crippen LogP contribution in [0, 0.1) is 9.41 Å². The first kappa shape index (κ1) is 9.09. The van der Waals surface area contributed by atoms with Crippen LogP contribution in [0.3, 0.4) is 0 Å². The molecule has 2 nitrogen and oxygen atoms in total. The minimum absolute atomic E-state index is 0.658. The first-order valence-electron chi connectivity index (χ1n) is 4.62. The van der Waals surface area contributed by atoms with Gasteiger partial charge in [0.15, 0.2) is 4.77 Å². The summed E-state index contributed by atoms with van der Waals surface area (Å²) in [4.78, 5) is 6.20. The summed E-state index contributed by atoms with van der Waals surface area (Å²) >= 11 is 10.3. The summed E-state index contributed by atoms with van der Waals surface area (Å²) in [5.41, 5.74) is 2.53. The number of nitrogens with one attached hydrogen (secondary N) is 2. The van der Waals surface area contributed by atoms with Gasteiger partial charge in [-0.2, -0.15) is 0 Å². The summed E-state index contributed by atoms with van der Waals surface area (Å²) in [5, 5.41) is 0. The third-order valence-electron chi connectivity index (χ3n) is 2.48. The number of rotatable bonds is 0. The highest BCUT2D eigenvalue weighted by Crippen LogP contribution is 2.18. The molecule has 0 unspecified atom stereocenters. The highest BCUT2D eigenvalue weighted by molar-refractivity contribution is 7.72. The van der Waals surface area contributed by atoms with Crippen LogP contribution in [0.5, 0.6) is 0 Å². The second kappa shape index (κ2) is 3.72. The molecule has 2 N–H and O–H groups in total. The lowest BCUT2D eigenvalue weighted by Gasteiger charge is -2.04. The molecule has 1 aromatic rings. The lowest BCUT2D eigenvalue weighted by atomic mass is 10.1. The van der Waals surface area contributed by atoms with Gasteiger partial charge in [0.25, 0.3) is 0 Å². The van der Waals surface area contributed by atoms with Crippen LogP contribution >= 0.6 is 24.4 Å². The van der Waals surface area contributed by atoms with Crippen LogP contribution in [0.15, 0.2) is 0 Å². The van der Waals surface area contributed by atoms with Crippen LogP contribution in [0.25, 0.3) is 0 Å². The number of aryl methyl sites for hydroxylation is 1.